The van der Waals surface area contributed by atoms with Gasteiger partial charge in [0, 0.05) is 13.1 Å². The number of rotatable bonds is 2. The van der Waals surface area contributed by atoms with Crippen LogP contribution in [0.25, 0.3) is 0 Å². The lowest BCUT2D eigenvalue weighted by molar-refractivity contribution is -0.131. The molecule has 0 radical (unpaired) electrons. The number of carbonyl (C=O) groups is 1. The third kappa shape index (κ3) is 1.14. The van der Waals surface area contributed by atoms with Crippen LogP contribution in [0.5, 0.6) is 0 Å². The van der Waals surface area contributed by atoms with E-state index in [2.05, 4.69) is 0 Å². The van der Waals surface area contributed by atoms with Crippen molar-refractivity contribution in [3.8, 4) is 0 Å². The molecule has 0 saturated carbocycles. The lowest BCUT2D eigenvalue weighted by atomic mass is 10.1. The molecule has 0 aromatic rings. The van der Waals surface area contributed by atoms with Gasteiger partial charge in [0.15, 0.2) is 0 Å². The van der Waals surface area contributed by atoms with Crippen molar-refractivity contribution in [2.45, 2.75) is 13.3 Å². The quantitative estimate of drug-likeness (QED) is 0.584. The van der Waals surface area contributed by atoms with Crippen molar-refractivity contribution < 1.29 is 9.90 Å². The molecule has 1 rings (SSSR count). The van der Waals surface area contributed by atoms with Crippen LogP contribution in [-0.4, -0.2) is 35.6 Å². The molecular weight excluding hydrogens is 130 g/mol. The first-order chi connectivity index (χ1) is 4.79. The second-order valence-corrected chi connectivity index (χ2v) is 2.59. The molecule has 10 heavy (non-hydrogen) atoms. The molecule has 0 aromatic heterocycles. The molecule has 0 aliphatic carbocycles. The van der Waals surface area contributed by atoms with Gasteiger partial charge in [-0.3, -0.25) is 4.79 Å². The van der Waals surface area contributed by atoms with Gasteiger partial charge in [0.25, 0.3) is 0 Å². The van der Waals surface area contributed by atoms with Crippen molar-refractivity contribution in [3.63, 3.8) is 0 Å². The van der Waals surface area contributed by atoms with Crippen LogP contribution in [0.2, 0.25) is 0 Å². The maximum atomic E-state index is 11.1. The van der Waals surface area contributed by atoms with E-state index in [1.54, 1.807) is 4.90 Å². The molecule has 1 heterocycles. The lowest BCUT2D eigenvalue weighted by Crippen LogP contribution is -2.27. The Morgan fingerprint density at radius 3 is 2.80 bits per heavy atom. The topological polar surface area (TPSA) is 40.5 Å². The fourth-order valence-corrected chi connectivity index (χ4v) is 1.29. The maximum Gasteiger partial charge on any atom is 0.228 e. The summed E-state index contributed by atoms with van der Waals surface area (Å²) in [7, 11) is 0. The monoisotopic (exact) mass is 143 g/mol. The van der Waals surface area contributed by atoms with Crippen LogP contribution >= 0.6 is 0 Å². The third-order valence-corrected chi connectivity index (χ3v) is 2.01. The molecule has 1 aliphatic rings. The van der Waals surface area contributed by atoms with Crippen molar-refractivity contribution in [1.82, 2.24) is 4.90 Å². The number of carbonyl (C=O) groups excluding carboxylic acids is 1. The Morgan fingerprint density at radius 1 is 1.80 bits per heavy atom. The number of amides is 1. The maximum absolute atomic E-state index is 11.1. The van der Waals surface area contributed by atoms with Crippen LogP contribution in [-0.2, 0) is 4.79 Å². The number of likely N-dealkylation sites (tertiary alicyclic amines) is 1. The summed E-state index contributed by atoms with van der Waals surface area (Å²) in [6.45, 7) is 3.56. The smallest absolute Gasteiger partial charge is 0.228 e. The van der Waals surface area contributed by atoms with Gasteiger partial charge in [-0.1, -0.05) is 0 Å². The highest BCUT2D eigenvalue weighted by Gasteiger charge is 2.29. The minimum absolute atomic E-state index is 0.00926. The zero-order valence-corrected chi connectivity index (χ0v) is 6.21. The van der Waals surface area contributed by atoms with Crippen LogP contribution < -0.4 is 0 Å². The molecule has 1 aliphatic heterocycles. The summed E-state index contributed by atoms with van der Waals surface area (Å²) in [5.41, 5.74) is 0. The standard InChI is InChI=1S/C7H13NO2/c1-2-8-4-3-6(5-9)7(8)10/h6,9H,2-5H2,1H3. The highest BCUT2D eigenvalue weighted by Crippen LogP contribution is 2.16. The van der Waals surface area contributed by atoms with E-state index >= 15 is 0 Å². The molecule has 0 aromatic carbocycles. The molecular formula is C7H13NO2. The molecule has 58 valence electrons. The van der Waals surface area contributed by atoms with E-state index in [9.17, 15) is 4.79 Å². The number of hydrogen-bond acceptors (Lipinski definition) is 2. The molecule has 1 atom stereocenters. The first kappa shape index (κ1) is 7.54. The van der Waals surface area contributed by atoms with Crippen molar-refractivity contribution in [3.05, 3.63) is 0 Å². The zero-order chi connectivity index (χ0) is 7.56. The average Bonchev–Trinajstić information content (AvgIpc) is 2.30. The van der Waals surface area contributed by atoms with Crippen LogP contribution in [0.1, 0.15) is 13.3 Å². The van der Waals surface area contributed by atoms with E-state index in [-0.39, 0.29) is 18.4 Å². The minimum atomic E-state index is -0.111. The lowest BCUT2D eigenvalue weighted by Gasteiger charge is -2.12. The Hall–Kier alpha value is -0.570. The Morgan fingerprint density at radius 2 is 2.50 bits per heavy atom. The van der Waals surface area contributed by atoms with Crippen LogP contribution in [0.3, 0.4) is 0 Å². The van der Waals surface area contributed by atoms with Gasteiger partial charge >= 0.3 is 0 Å². The normalized spacial score (nSPS) is 26.0. The molecule has 1 unspecified atom stereocenters. The number of hydrogen-bond donors (Lipinski definition) is 1. The second-order valence-electron chi connectivity index (χ2n) is 2.59. The Balaban J connectivity index is 2.49. The highest BCUT2D eigenvalue weighted by molar-refractivity contribution is 5.80. The predicted octanol–water partition coefficient (Wildman–Crippen LogP) is -0.153. The van der Waals surface area contributed by atoms with Gasteiger partial charge in [0.1, 0.15) is 0 Å². The van der Waals surface area contributed by atoms with E-state index < -0.39 is 0 Å². The number of nitrogens with zero attached hydrogens (tertiary/aromatic N) is 1. The van der Waals surface area contributed by atoms with E-state index in [0.29, 0.717) is 0 Å². The summed E-state index contributed by atoms with van der Waals surface area (Å²) in [4.78, 5) is 12.9. The Labute approximate surface area is 60.6 Å². The first-order valence-electron chi connectivity index (χ1n) is 3.69. The van der Waals surface area contributed by atoms with E-state index in [0.717, 1.165) is 19.5 Å². The highest BCUT2D eigenvalue weighted by atomic mass is 16.3. The number of aliphatic hydroxyl groups is 1. The van der Waals surface area contributed by atoms with Gasteiger partial charge in [-0.05, 0) is 13.3 Å². The summed E-state index contributed by atoms with van der Waals surface area (Å²) in [5, 5.41) is 8.70. The van der Waals surface area contributed by atoms with E-state index in [1.807, 2.05) is 6.92 Å². The van der Waals surface area contributed by atoms with Crippen molar-refractivity contribution >= 4 is 5.91 Å². The fourth-order valence-electron chi connectivity index (χ4n) is 1.29. The summed E-state index contributed by atoms with van der Waals surface area (Å²) in [6, 6.07) is 0. The first-order valence-corrected chi connectivity index (χ1v) is 3.69. The van der Waals surface area contributed by atoms with Crippen LogP contribution in [0, 0.1) is 5.92 Å². The molecule has 1 N–H and O–H groups in total. The van der Waals surface area contributed by atoms with Crippen LogP contribution in [0.4, 0.5) is 0 Å². The molecule has 0 bridgehead atoms. The van der Waals surface area contributed by atoms with Crippen LogP contribution in [0.15, 0.2) is 0 Å². The van der Waals surface area contributed by atoms with Crippen molar-refractivity contribution in [2.75, 3.05) is 19.7 Å². The molecule has 1 amide bonds. The van der Waals surface area contributed by atoms with Gasteiger partial charge in [0.05, 0.1) is 12.5 Å². The van der Waals surface area contributed by atoms with Gasteiger partial charge < -0.3 is 10.0 Å². The summed E-state index contributed by atoms with van der Waals surface area (Å²) < 4.78 is 0. The fraction of sp³-hybridized carbons (Fsp3) is 0.857. The number of aliphatic hydroxyl groups excluding tert-OH is 1. The second kappa shape index (κ2) is 3.01. The minimum Gasteiger partial charge on any atom is -0.396 e. The zero-order valence-electron chi connectivity index (χ0n) is 6.21. The summed E-state index contributed by atoms with van der Waals surface area (Å²) >= 11 is 0. The SMILES string of the molecule is CCN1CCC(CO)C1=O. The van der Waals surface area contributed by atoms with E-state index in [1.165, 1.54) is 0 Å². The Bertz CT molecular complexity index is 122. The molecule has 1 saturated heterocycles. The predicted molar refractivity (Wildman–Crippen MR) is 37.4 cm³/mol. The summed E-state index contributed by atoms with van der Waals surface area (Å²) in [5.74, 6) is 0.00458. The summed E-state index contributed by atoms with van der Waals surface area (Å²) in [6.07, 6.45) is 0.823. The van der Waals surface area contributed by atoms with Crippen molar-refractivity contribution in [1.29, 1.82) is 0 Å². The van der Waals surface area contributed by atoms with Gasteiger partial charge in [0.2, 0.25) is 5.91 Å². The Kier molecular flexibility index (Phi) is 2.27. The molecule has 0 spiro atoms. The van der Waals surface area contributed by atoms with Gasteiger partial charge in [-0.15, -0.1) is 0 Å². The molecule has 1 fully saturated rings. The van der Waals surface area contributed by atoms with E-state index in [4.69, 9.17) is 5.11 Å². The average molecular weight is 143 g/mol. The molecule has 3 nitrogen and oxygen atoms in total. The van der Waals surface area contributed by atoms with Gasteiger partial charge in [-0.25, -0.2) is 0 Å². The molecule has 3 heteroatoms. The van der Waals surface area contributed by atoms with Crippen molar-refractivity contribution in [2.24, 2.45) is 5.92 Å². The largest absolute Gasteiger partial charge is 0.396 e. The third-order valence-electron chi connectivity index (χ3n) is 2.01. The van der Waals surface area contributed by atoms with Gasteiger partial charge in [-0.2, -0.15) is 0 Å².